The average Bonchev–Trinajstić information content (AvgIpc) is 2.77. The van der Waals surface area contributed by atoms with Crippen LogP contribution < -0.4 is 0 Å². The van der Waals surface area contributed by atoms with E-state index in [1.807, 2.05) is 0 Å². The van der Waals surface area contributed by atoms with Crippen LogP contribution in [0, 0.1) is 0 Å². The van der Waals surface area contributed by atoms with E-state index in [9.17, 15) is 22.8 Å². The molecule has 0 saturated carbocycles. The summed E-state index contributed by atoms with van der Waals surface area (Å²) in [5.41, 5.74) is -0.427. The smallest absolute Gasteiger partial charge is 0.416 e. The predicted molar refractivity (Wildman–Crippen MR) is 70.6 cm³/mol. The molecule has 1 aromatic rings. The number of carboxylic acid groups (broad SMARTS) is 1. The van der Waals surface area contributed by atoms with Crippen LogP contribution in [0.4, 0.5) is 13.2 Å². The summed E-state index contributed by atoms with van der Waals surface area (Å²) in [5.74, 6) is -1.17. The second kappa shape index (κ2) is 5.97. The van der Waals surface area contributed by atoms with E-state index in [2.05, 4.69) is 0 Å². The predicted octanol–water partition coefficient (Wildman–Crippen LogP) is 2.75. The monoisotopic (exact) mass is 319 g/mol. The van der Waals surface area contributed by atoms with Crippen molar-refractivity contribution < 1.29 is 27.9 Å². The van der Waals surface area contributed by atoms with Gasteiger partial charge in [-0.1, -0.05) is 12.1 Å². The number of nitrogens with zero attached hydrogens (tertiary/aromatic N) is 1. The molecule has 8 heteroatoms. The zero-order valence-corrected chi connectivity index (χ0v) is 11.6. The van der Waals surface area contributed by atoms with Gasteiger partial charge in [-0.25, -0.2) is 0 Å². The topological polar surface area (TPSA) is 57.6 Å². The first-order valence-corrected chi connectivity index (χ1v) is 7.14. The number of hydrogen-bond acceptors (Lipinski definition) is 3. The molecule has 0 aromatic heterocycles. The minimum atomic E-state index is -4.45. The van der Waals surface area contributed by atoms with Crippen LogP contribution in [0.25, 0.3) is 0 Å². The number of alkyl halides is 3. The van der Waals surface area contributed by atoms with E-state index >= 15 is 0 Å². The number of aliphatic carboxylic acids is 1. The molecule has 1 N–H and O–H groups in total. The molecule has 4 nitrogen and oxygen atoms in total. The summed E-state index contributed by atoms with van der Waals surface area (Å²) in [4.78, 5) is 23.7. The molecule has 1 aromatic carbocycles. The molecule has 0 spiro atoms. The van der Waals surface area contributed by atoms with Gasteiger partial charge in [0.05, 0.1) is 17.7 Å². The normalized spacial score (nSPS) is 19.1. The van der Waals surface area contributed by atoms with Crippen LogP contribution in [0.15, 0.2) is 24.3 Å². The number of carbonyl (C=O) groups is 2. The maximum absolute atomic E-state index is 12.7. The number of carboxylic acids is 1. The summed E-state index contributed by atoms with van der Waals surface area (Å²) in [7, 11) is 0. The van der Waals surface area contributed by atoms with E-state index in [0.29, 0.717) is 5.56 Å². The third-order valence-electron chi connectivity index (χ3n) is 3.03. The Bertz CT molecular complexity index is 562. The minimum absolute atomic E-state index is 0.0118. The second-order valence-electron chi connectivity index (χ2n) is 4.52. The van der Waals surface area contributed by atoms with Crippen molar-refractivity contribution in [1.29, 1.82) is 0 Å². The molecule has 114 valence electrons. The van der Waals surface area contributed by atoms with Gasteiger partial charge in [0, 0.05) is 6.54 Å². The molecule has 1 aliphatic heterocycles. The molecule has 1 fully saturated rings. The molecule has 0 unspecified atom stereocenters. The largest absolute Gasteiger partial charge is 0.481 e. The number of rotatable bonds is 4. The zero-order chi connectivity index (χ0) is 15.6. The highest BCUT2D eigenvalue weighted by atomic mass is 32.2. The van der Waals surface area contributed by atoms with Crippen LogP contribution in [0.1, 0.15) is 22.9 Å². The molecule has 0 aliphatic carbocycles. The van der Waals surface area contributed by atoms with Gasteiger partial charge in [-0.3, -0.25) is 9.59 Å². The Morgan fingerprint density at radius 1 is 1.43 bits per heavy atom. The summed E-state index contributed by atoms with van der Waals surface area (Å²) in [6.07, 6.45) is -4.68. The van der Waals surface area contributed by atoms with E-state index in [-0.39, 0.29) is 24.6 Å². The lowest BCUT2D eigenvalue weighted by molar-refractivity contribution is -0.138. The number of halogens is 3. The lowest BCUT2D eigenvalue weighted by Crippen LogP contribution is -2.30. The number of hydrogen-bond donors (Lipinski definition) is 1. The van der Waals surface area contributed by atoms with Gasteiger partial charge in [0.15, 0.2) is 0 Å². The number of thioether (sulfide) groups is 1. The first-order chi connectivity index (χ1) is 9.79. The summed E-state index contributed by atoms with van der Waals surface area (Å²) in [5, 5.41) is 8.10. The van der Waals surface area contributed by atoms with Crippen LogP contribution in [-0.4, -0.2) is 34.2 Å². The van der Waals surface area contributed by atoms with Gasteiger partial charge in [-0.2, -0.15) is 13.2 Å². The molecule has 21 heavy (non-hydrogen) atoms. The van der Waals surface area contributed by atoms with Crippen LogP contribution in [0.5, 0.6) is 0 Å². The number of benzene rings is 1. The lowest BCUT2D eigenvalue weighted by atomic mass is 10.1. The Balaban J connectivity index is 2.23. The summed E-state index contributed by atoms with van der Waals surface area (Å²) >= 11 is 1.20. The van der Waals surface area contributed by atoms with Gasteiger partial charge < -0.3 is 10.0 Å². The maximum Gasteiger partial charge on any atom is 0.416 e. The van der Waals surface area contributed by atoms with E-state index < -0.39 is 23.1 Å². The van der Waals surface area contributed by atoms with Crippen molar-refractivity contribution >= 4 is 23.6 Å². The maximum atomic E-state index is 12.7. The summed E-state index contributed by atoms with van der Waals surface area (Å²) in [6.45, 7) is -0.0118. The second-order valence-corrected chi connectivity index (χ2v) is 5.59. The van der Waals surface area contributed by atoms with Crippen LogP contribution >= 0.6 is 11.8 Å². The van der Waals surface area contributed by atoms with Gasteiger partial charge >= 0.3 is 12.1 Å². The van der Waals surface area contributed by atoms with Crippen LogP contribution in [0.2, 0.25) is 0 Å². The molecule has 1 aliphatic rings. The highest BCUT2D eigenvalue weighted by Crippen LogP contribution is 2.40. The zero-order valence-electron chi connectivity index (χ0n) is 10.8. The van der Waals surface area contributed by atoms with Crippen molar-refractivity contribution in [3.05, 3.63) is 35.4 Å². The van der Waals surface area contributed by atoms with Gasteiger partial charge in [0.2, 0.25) is 5.91 Å². The Morgan fingerprint density at radius 3 is 2.76 bits per heavy atom. The SMILES string of the molecule is O=C(O)CCN1C(=O)CS[C@H]1c1cccc(C(F)(F)F)c1. The molecule has 1 saturated heterocycles. The average molecular weight is 319 g/mol. The third-order valence-corrected chi connectivity index (χ3v) is 4.29. The number of carbonyl (C=O) groups excluding carboxylic acids is 1. The van der Waals surface area contributed by atoms with Crippen molar-refractivity contribution in [1.82, 2.24) is 4.90 Å². The van der Waals surface area contributed by atoms with Crippen molar-refractivity contribution in [3.8, 4) is 0 Å². The van der Waals surface area contributed by atoms with E-state index in [0.717, 1.165) is 12.1 Å². The fourth-order valence-electron chi connectivity index (χ4n) is 2.06. The Kier molecular flexibility index (Phi) is 4.46. The van der Waals surface area contributed by atoms with Crippen LogP contribution in [0.3, 0.4) is 0 Å². The van der Waals surface area contributed by atoms with Gasteiger partial charge in [0.25, 0.3) is 0 Å². The molecular formula is C13H12F3NO3S. The molecule has 2 rings (SSSR count). The first-order valence-electron chi connectivity index (χ1n) is 6.09. The van der Waals surface area contributed by atoms with Gasteiger partial charge in [-0.05, 0) is 17.7 Å². The summed E-state index contributed by atoms with van der Waals surface area (Å²) in [6, 6.07) is 4.77. The molecule has 1 atom stereocenters. The Hall–Kier alpha value is -1.70. The fourth-order valence-corrected chi connectivity index (χ4v) is 3.26. The molecule has 0 radical (unpaired) electrons. The van der Waals surface area contributed by atoms with E-state index in [4.69, 9.17) is 5.11 Å². The highest BCUT2D eigenvalue weighted by Gasteiger charge is 2.35. The van der Waals surface area contributed by atoms with Crippen LogP contribution in [-0.2, 0) is 15.8 Å². The number of amides is 1. The van der Waals surface area contributed by atoms with Gasteiger partial charge in [0.1, 0.15) is 5.37 Å². The highest BCUT2D eigenvalue weighted by molar-refractivity contribution is 8.00. The molecule has 1 amide bonds. The lowest BCUT2D eigenvalue weighted by Gasteiger charge is -2.24. The van der Waals surface area contributed by atoms with E-state index in [1.165, 1.54) is 28.8 Å². The Labute approximate surface area is 122 Å². The standard InChI is InChI=1S/C13H12F3NO3S/c14-13(15,16)9-3-1-2-8(6-9)12-17(5-4-11(19)20)10(18)7-21-12/h1-3,6,12H,4-5,7H2,(H,19,20)/t12-/m0/s1. The van der Waals surface area contributed by atoms with E-state index in [1.54, 1.807) is 0 Å². The fraction of sp³-hybridized carbons (Fsp3) is 0.385. The quantitative estimate of drug-likeness (QED) is 0.927. The first kappa shape index (κ1) is 15.7. The van der Waals surface area contributed by atoms with Gasteiger partial charge in [-0.15, -0.1) is 11.8 Å². The molecular weight excluding hydrogens is 307 g/mol. The Morgan fingerprint density at radius 2 is 2.14 bits per heavy atom. The molecule has 0 bridgehead atoms. The minimum Gasteiger partial charge on any atom is -0.481 e. The molecule has 1 heterocycles. The van der Waals surface area contributed by atoms with Crippen molar-refractivity contribution in [2.75, 3.05) is 12.3 Å². The van der Waals surface area contributed by atoms with Crippen molar-refractivity contribution in [2.24, 2.45) is 0 Å². The van der Waals surface area contributed by atoms with Crippen molar-refractivity contribution in [3.63, 3.8) is 0 Å². The summed E-state index contributed by atoms with van der Waals surface area (Å²) < 4.78 is 38.2. The third kappa shape index (κ3) is 3.69. The van der Waals surface area contributed by atoms with Crippen molar-refractivity contribution in [2.45, 2.75) is 18.0 Å².